The van der Waals surface area contributed by atoms with Gasteiger partial charge in [0.25, 0.3) is 0 Å². The summed E-state index contributed by atoms with van der Waals surface area (Å²) >= 11 is 6.71. The lowest BCUT2D eigenvalue weighted by atomic mass is 10.4. The van der Waals surface area contributed by atoms with E-state index in [1.165, 1.54) is 38.5 Å². The molecule has 1 aliphatic heterocycles. The lowest BCUT2D eigenvalue weighted by molar-refractivity contribution is 0.823. The maximum absolute atomic E-state index is 2.31. The van der Waals surface area contributed by atoms with Gasteiger partial charge >= 0.3 is 0 Å². The lowest BCUT2D eigenvalue weighted by Gasteiger charge is -2.33. The van der Waals surface area contributed by atoms with Crippen LogP contribution in [0.2, 0.25) is 0 Å². The Balaban J connectivity index is 2.40. The van der Waals surface area contributed by atoms with E-state index in [0.717, 1.165) is 13.7 Å². The second-order valence-electron chi connectivity index (χ2n) is 4.06. The second-order valence-corrected chi connectivity index (χ2v) is 9.19. The molecule has 0 aromatic carbocycles. The summed E-state index contributed by atoms with van der Waals surface area (Å²) in [5.41, 5.74) is 0. The van der Waals surface area contributed by atoms with E-state index in [1.807, 2.05) is 0 Å². The monoisotopic (exact) mass is 264 g/mol. The number of thioether (sulfide) groups is 3. The summed E-state index contributed by atoms with van der Waals surface area (Å²) < 4.78 is 2.64. The zero-order valence-electron chi connectivity index (χ0n) is 10.2. The highest BCUT2D eigenvalue weighted by atomic mass is 32.3. The molecule has 0 saturated carbocycles. The minimum atomic E-state index is 0.879. The van der Waals surface area contributed by atoms with E-state index in [-0.39, 0.29) is 0 Å². The van der Waals surface area contributed by atoms with Gasteiger partial charge in [0, 0.05) is 0 Å². The third-order valence-electron chi connectivity index (χ3n) is 2.48. The molecule has 1 saturated heterocycles. The Morgan fingerprint density at radius 2 is 0.867 bits per heavy atom. The zero-order valence-corrected chi connectivity index (χ0v) is 12.6. The van der Waals surface area contributed by atoms with E-state index in [1.54, 1.807) is 0 Å². The van der Waals surface area contributed by atoms with Gasteiger partial charge in [-0.05, 0) is 19.3 Å². The summed E-state index contributed by atoms with van der Waals surface area (Å²) in [7, 11) is 0. The van der Waals surface area contributed by atoms with Crippen molar-refractivity contribution in [2.45, 2.75) is 73.0 Å². The summed E-state index contributed by atoms with van der Waals surface area (Å²) in [5, 5.41) is 0. The molecule has 0 aromatic rings. The predicted molar refractivity (Wildman–Crippen MR) is 78.9 cm³/mol. The van der Waals surface area contributed by atoms with E-state index in [0.29, 0.717) is 0 Å². The van der Waals surface area contributed by atoms with Crippen LogP contribution >= 0.6 is 35.3 Å². The molecular weight excluding hydrogens is 240 g/mol. The van der Waals surface area contributed by atoms with Gasteiger partial charge in [0.1, 0.15) is 0 Å². The molecule has 90 valence electrons. The van der Waals surface area contributed by atoms with Gasteiger partial charge in [0.2, 0.25) is 0 Å². The SMILES string of the molecule is CCCC1SC(CCC)SC(CCC)S1. The number of hydrogen-bond donors (Lipinski definition) is 0. The fourth-order valence-corrected chi connectivity index (χ4v) is 8.78. The molecule has 1 fully saturated rings. The van der Waals surface area contributed by atoms with Crippen LogP contribution < -0.4 is 0 Å². The smallest absolute Gasteiger partial charge is 0.0524 e. The van der Waals surface area contributed by atoms with E-state index < -0.39 is 0 Å². The summed E-state index contributed by atoms with van der Waals surface area (Å²) in [5.74, 6) is 0. The quantitative estimate of drug-likeness (QED) is 0.615. The summed E-state index contributed by atoms with van der Waals surface area (Å²) in [6, 6.07) is 0. The maximum atomic E-state index is 2.31. The van der Waals surface area contributed by atoms with Gasteiger partial charge in [-0.15, -0.1) is 35.3 Å². The molecule has 0 radical (unpaired) electrons. The van der Waals surface area contributed by atoms with Gasteiger partial charge in [-0.25, -0.2) is 0 Å². The van der Waals surface area contributed by atoms with Crippen LogP contribution in [0.15, 0.2) is 0 Å². The van der Waals surface area contributed by atoms with Crippen molar-refractivity contribution in [1.29, 1.82) is 0 Å². The molecule has 0 atom stereocenters. The lowest BCUT2D eigenvalue weighted by Crippen LogP contribution is -2.18. The minimum absolute atomic E-state index is 0.879. The first-order chi connectivity index (χ1) is 7.30. The zero-order chi connectivity index (χ0) is 11.1. The average Bonchev–Trinajstić information content (AvgIpc) is 2.19. The Hall–Kier alpha value is 1.05. The Kier molecular flexibility index (Phi) is 7.70. The third-order valence-corrected chi connectivity index (χ3v) is 7.72. The first-order valence-electron chi connectivity index (χ1n) is 6.26. The molecule has 3 heteroatoms. The molecule has 15 heavy (non-hydrogen) atoms. The van der Waals surface area contributed by atoms with Crippen molar-refractivity contribution in [1.82, 2.24) is 0 Å². The van der Waals surface area contributed by atoms with Gasteiger partial charge in [0.05, 0.1) is 13.7 Å². The van der Waals surface area contributed by atoms with Gasteiger partial charge in [0.15, 0.2) is 0 Å². The normalized spacial score (nSPS) is 31.8. The van der Waals surface area contributed by atoms with E-state index in [4.69, 9.17) is 0 Å². The molecule has 0 spiro atoms. The number of rotatable bonds is 6. The molecule has 1 rings (SSSR count). The van der Waals surface area contributed by atoms with Crippen molar-refractivity contribution < 1.29 is 0 Å². The van der Waals surface area contributed by atoms with E-state index in [2.05, 4.69) is 56.1 Å². The van der Waals surface area contributed by atoms with Crippen molar-refractivity contribution >= 4 is 35.3 Å². The number of hydrogen-bond acceptors (Lipinski definition) is 3. The van der Waals surface area contributed by atoms with Crippen LogP contribution in [0.25, 0.3) is 0 Å². The Morgan fingerprint density at radius 1 is 0.600 bits per heavy atom. The fraction of sp³-hybridized carbons (Fsp3) is 1.00. The molecular formula is C12H24S3. The topological polar surface area (TPSA) is 0 Å². The molecule has 0 amide bonds. The molecule has 0 bridgehead atoms. The third kappa shape index (κ3) is 5.27. The Bertz CT molecular complexity index is 126. The van der Waals surface area contributed by atoms with Crippen molar-refractivity contribution in [2.24, 2.45) is 0 Å². The molecule has 0 unspecified atom stereocenters. The first kappa shape index (κ1) is 14.1. The fourth-order valence-electron chi connectivity index (χ4n) is 1.72. The largest absolute Gasteiger partial charge is 0.133 e. The highest BCUT2D eigenvalue weighted by molar-refractivity contribution is 8.33. The van der Waals surface area contributed by atoms with Crippen LogP contribution in [0.3, 0.4) is 0 Å². The first-order valence-corrected chi connectivity index (χ1v) is 9.09. The molecule has 1 heterocycles. The van der Waals surface area contributed by atoms with E-state index in [9.17, 15) is 0 Å². The van der Waals surface area contributed by atoms with Crippen LogP contribution in [0.4, 0.5) is 0 Å². The standard InChI is InChI=1S/C12H24S3/c1-4-7-10-13-11(8-5-2)15-12(14-10)9-6-3/h10-12H,4-9H2,1-3H3. The summed E-state index contributed by atoms with van der Waals surface area (Å²) in [6.07, 6.45) is 8.22. The minimum Gasteiger partial charge on any atom is -0.133 e. The van der Waals surface area contributed by atoms with E-state index >= 15 is 0 Å². The Labute approximate surface area is 108 Å². The van der Waals surface area contributed by atoms with Gasteiger partial charge in [-0.3, -0.25) is 0 Å². The molecule has 0 aliphatic carbocycles. The molecule has 0 N–H and O–H groups in total. The van der Waals surface area contributed by atoms with Crippen LogP contribution in [-0.2, 0) is 0 Å². The van der Waals surface area contributed by atoms with Crippen LogP contribution in [0.5, 0.6) is 0 Å². The molecule has 0 aromatic heterocycles. The summed E-state index contributed by atoms with van der Waals surface area (Å²) in [4.78, 5) is 0. The predicted octanol–water partition coefficient (Wildman–Crippen LogP) is 5.58. The summed E-state index contributed by atoms with van der Waals surface area (Å²) in [6.45, 7) is 6.94. The highest BCUT2D eigenvalue weighted by Crippen LogP contribution is 2.51. The van der Waals surface area contributed by atoms with Crippen molar-refractivity contribution in [3.05, 3.63) is 0 Å². The maximum Gasteiger partial charge on any atom is 0.0524 e. The van der Waals surface area contributed by atoms with Crippen molar-refractivity contribution in [3.63, 3.8) is 0 Å². The van der Waals surface area contributed by atoms with Crippen molar-refractivity contribution in [3.8, 4) is 0 Å². The van der Waals surface area contributed by atoms with Crippen molar-refractivity contribution in [2.75, 3.05) is 0 Å². The second kappa shape index (κ2) is 8.19. The Morgan fingerprint density at radius 3 is 1.07 bits per heavy atom. The molecule has 1 aliphatic rings. The van der Waals surface area contributed by atoms with Gasteiger partial charge in [-0.1, -0.05) is 40.0 Å². The average molecular weight is 265 g/mol. The van der Waals surface area contributed by atoms with Crippen LogP contribution in [0.1, 0.15) is 59.3 Å². The highest BCUT2D eigenvalue weighted by Gasteiger charge is 2.28. The van der Waals surface area contributed by atoms with Crippen LogP contribution in [-0.4, -0.2) is 13.7 Å². The van der Waals surface area contributed by atoms with Gasteiger partial charge in [-0.2, -0.15) is 0 Å². The van der Waals surface area contributed by atoms with Crippen LogP contribution in [0, 0.1) is 0 Å². The van der Waals surface area contributed by atoms with Gasteiger partial charge < -0.3 is 0 Å². The molecule has 0 nitrogen and oxygen atoms in total.